The molecule has 0 heterocycles. The number of ether oxygens (including phenoxy) is 1. The van der Waals surface area contributed by atoms with Crippen LogP contribution in [0.3, 0.4) is 0 Å². The van der Waals surface area contributed by atoms with Gasteiger partial charge in [-0.3, -0.25) is 9.79 Å². The third-order valence-corrected chi connectivity index (χ3v) is 1.37. The summed E-state index contributed by atoms with van der Waals surface area (Å²) in [6.07, 6.45) is 0.723. The molecule has 0 aliphatic carbocycles. The second kappa shape index (κ2) is 6.24. The smallest absolute Gasteiger partial charge is 0.322 e. The SMILES string of the molecule is [2H]C([2H])([2H])OC(=O)[C@@H](N)CCCN=C(N)N. The van der Waals surface area contributed by atoms with Gasteiger partial charge >= 0.3 is 5.97 Å². The van der Waals surface area contributed by atoms with Gasteiger partial charge in [-0.25, -0.2) is 0 Å². The van der Waals surface area contributed by atoms with Gasteiger partial charge < -0.3 is 21.9 Å². The summed E-state index contributed by atoms with van der Waals surface area (Å²) in [5, 5.41) is 0. The van der Waals surface area contributed by atoms with Crippen LogP contribution < -0.4 is 17.2 Å². The van der Waals surface area contributed by atoms with Gasteiger partial charge in [-0.2, -0.15) is 0 Å². The van der Waals surface area contributed by atoms with Crippen LogP contribution in [0.25, 0.3) is 0 Å². The Morgan fingerprint density at radius 1 is 1.69 bits per heavy atom. The highest BCUT2D eigenvalue weighted by Crippen LogP contribution is 1.96. The van der Waals surface area contributed by atoms with Gasteiger partial charge in [0.25, 0.3) is 0 Å². The van der Waals surface area contributed by atoms with Gasteiger partial charge in [0.2, 0.25) is 0 Å². The third kappa shape index (κ3) is 5.92. The number of esters is 1. The highest BCUT2D eigenvalue weighted by atomic mass is 16.5. The van der Waals surface area contributed by atoms with Crippen LogP contribution in [0.15, 0.2) is 4.99 Å². The second-order valence-electron chi connectivity index (χ2n) is 2.48. The molecule has 13 heavy (non-hydrogen) atoms. The van der Waals surface area contributed by atoms with Gasteiger partial charge in [0.15, 0.2) is 5.96 Å². The molecular weight excluding hydrogens is 172 g/mol. The van der Waals surface area contributed by atoms with E-state index >= 15 is 0 Å². The second-order valence-corrected chi connectivity index (χ2v) is 2.48. The van der Waals surface area contributed by atoms with E-state index in [2.05, 4.69) is 9.73 Å². The molecule has 6 N–H and O–H groups in total. The van der Waals surface area contributed by atoms with E-state index in [0.717, 1.165) is 0 Å². The number of methoxy groups -OCH3 is 1. The summed E-state index contributed by atoms with van der Waals surface area (Å²) in [7, 11) is -2.76. The first kappa shape index (κ1) is 7.14. The maximum Gasteiger partial charge on any atom is 0.322 e. The van der Waals surface area contributed by atoms with E-state index < -0.39 is 19.0 Å². The van der Waals surface area contributed by atoms with E-state index in [9.17, 15) is 4.79 Å². The lowest BCUT2D eigenvalue weighted by atomic mass is 10.2. The summed E-state index contributed by atoms with van der Waals surface area (Å²) in [6.45, 7) is 0.330. The molecule has 0 saturated heterocycles. The summed E-state index contributed by atoms with van der Waals surface area (Å²) in [4.78, 5) is 14.8. The average Bonchev–Trinajstić information content (AvgIpc) is 2.08. The zero-order chi connectivity index (χ0) is 12.8. The topological polar surface area (TPSA) is 117 Å². The molecule has 0 rings (SSSR count). The molecule has 0 saturated carbocycles. The molecule has 0 spiro atoms. The van der Waals surface area contributed by atoms with E-state index in [1.807, 2.05) is 0 Å². The summed E-state index contributed by atoms with van der Waals surface area (Å²) < 4.78 is 24.2. The molecule has 0 amide bonds. The molecule has 0 unspecified atom stereocenters. The van der Waals surface area contributed by atoms with Crippen molar-refractivity contribution < 1.29 is 13.6 Å². The lowest BCUT2D eigenvalue weighted by Gasteiger charge is -2.07. The first-order chi connectivity index (χ1) is 7.22. The molecule has 0 radical (unpaired) electrons. The van der Waals surface area contributed by atoms with E-state index in [1.165, 1.54) is 0 Å². The fourth-order valence-corrected chi connectivity index (χ4v) is 0.713. The Hall–Kier alpha value is -1.30. The largest absolute Gasteiger partial charge is 0.468 e. The van der Waals surface area contributed by atoms with Crippen LogP contribution in [0, 0.1) is 0 Å². The van der Waals surface area contributed by atoms with Crippen molar-refractivity contribution in [1.82, 2.24) is 0 Å². The molecule has 6 heteroatoms. The van der Waals surface area contributed by atoms with Gasteiger partial charge in [0.1, 0.15) is 6.04 Å². The standard InChI is InChI=1S/C7H16N4O2/c1-13-6(12)5(8)3-2-4-11-7(9)10/h5H,2-4,8H2,1H3,(H4,9,10,11)/t5-/m0/s1/i1D3. The quantitative estimate of drug-likeness (QED) is 0.212. The maximum atomic E-state index is 11.1. The predicted octanol–water partition coefficient (Wildman–Crippen LogP) is -1.46. The highest BCUT2D eigenvalue weighted by Gasteiger charge is 2.11. The summed E-state index contributed by atoms with van der Waals surface area (Å²) >= 11 is 0. The number of nitrogens with two attached hydrogens (primary N) is 3. The number of guanidine groups is 1. The van der Waals surface area contributed by atoms with Gasteiger partial charge in [-0.15, -0.1) is 0 Å². The predicted molar refractivity (Wildman–Crippen MR) is 49.9 cm³/mol. The zero-order valence-electron chi connectivity index (χ0n) is 10.2. The molecule has 0 aliphatic heterocycles. The van der Waals surface area contributed by atoms with Crippen LogP contribution in [-0.4, -0.2) is 31.6 Å². The molecule has 0 bridgehead atoms. The van der Waals surface area contributed by atoms with Crippen molar-refractivity contribution >= 4 is 11.9 Å². The maximum absolute atomic E-state index is 11.1. The van der Waals surface area contributed by atoms with Crippen LogP contribution in [0.1, 0.15) is 17.0 Å². The number of hydrogen-bond acceptors (Lipinski definition) is 4. The van der Waals surface area contributed by atoms with Crippen molar-refractivity contribution in [3.8, 4) is 0 Å². The monoisotopic (exact) mass is 191 g/mol. The van der Waals surface area contributed by atoms with Crippen molar-refractivity contribution in [2.24, 2.45) is 22.2 Å². The number of nitrogens with zero attached hydrogens (tertiary/aromatic N) is 1. The minimum absolute atomic E-state index is 0.0429. The highest BCUT2D eigenvalue weighted by molar-refractivity contribution is 5.76. The fraction of sp³-hybridized carbons (Fsp3) is 0.714. The minimum Gasteiger partial charge on any atom is -0.468 e. The lowest BCUT2D eigenvalue weighted by Crippen LogP contribution is -2.31. The summed E-state index contributed by atoms with van der Waals surface area (Å²) in [5.41, 5.74) is 15.6. The van der Waals surface area contributed by atoms with Crippen molar-refractivity contribution in [2.75, 3.05) is 13.6 Å². The molecular formula is C7H16N4O2. The Morgan fingerprint density at radius 3 is 2.92 bits per heavy atom. The van der Waals surface area contributed by atoms with Gasteiger partial charge in [-0.1, -0.05) is 0 Å². The van der Waals surface area contributed by atoms with Crippen LogP contribution in [0.2, 0.25) is 0 Å². The molecule has 0 aromatic carbocycles. The molecule has 1 atom stereocenters. The van der Waals surface area contributed by atoms with Crippen molar-refractivity contribution in [3.05, 3.63) is 0 Å². The zero-order valence-corrected chi connectivity index (χ0v) is 7.19. The molecule has 76 valence electrons. The number of carbonyl (C=O) groups is 1. The Labute approximate surface area is 81.3 Å². The summed E-state index contributed by atoms with van der Waals surface area (Å²) in [5.74, 6) is -0.997. The number of carbonyl (C=O) groups excluding carboxylic acids is 1. The van der Waals surface area contributed by atoms with E-state index in [0.29, 0.717) is 13.0 Å². The van der Waals surface area contributed by atoms with Crippen LogP contribution in [0.4, 0.5) is 0 Å². The molecule has 6 nitrogen and oxygen atoms in total. The Morgan fingerprint density at radius 2 is 2.38 bits per heavy atom. The first-order valence-corrected chi connectivity index (χ1v) is 3.76. The van der Waals surface area contributed by atoms with Crippen molar-refractivity contribution in [3.63, 3.8) is 0 Å². The van der Waals surface area contributed by atoms with E-state index in [1.54, 1.807) is 0 Å². The normalized spacial score (nSPS) is 16.2. The molecule has 0 fully saturated rings. The van der Waals surface area contributed by atoms with E-state index in [4.69, 9.17) is 21.3 Å². The fourth-order valence-electron chi connectivity index (χ4n) is 0.713. The third-order valence-electron chi connectivity index (χ3n) is 1.37. The summed E-state index contributed by atoms with van der Waals surface area (Å²) in [6, 6.07) is -0.977. The van der Waals surface area contributed by atoms with Crippen LogP contribution in [-0.2, 0) is 9.53 Å². The van der Waals surface area contributed by atoms with Crippen LogP contribution in [0.5, 0.6) is 0 Å². The Balaban J connectivity index is 3.85. The van der Waals surface area contributed by atoms with Gasteiger partial charge in [0.05, 0.1) is 11.2 Å². The van der Waals surface area contributed by atoms with Crippen molar-refractivity contribution in [1.29, 1.82) is 0 Å². The van der Waals surface area contributed by atoms with Gasteiger partial charge in [-0.05, 0) is 12.8 Å². The average molecular weight is 191 g/mol. The first-order valence-electron chi connectivity index (χ1n) is 5.26. The number of hydrogen-bond donors (Lipinski definition) is 3. The Kier molecular flexibility index (Phi) is 3.43. The van der Waals surface area contributed by atoms with Crippen LogP contribution >= 0.6 is 0 Å². The number of rotatable bonds is 5. The molecule has 0 aromatic rings. The minimum atomic E-state index is -2.76. The van der Waals surface area contributed by atoms with Gasteiger partial charge in [0, 0.05) is 6.54 Å². The van der Waals surface area contributed by atoms with E-state index in [-0.39, 0.29) is 12.4 Å². The molecule has 0 aliphatic rings. The molecule has 0 aromatic heterocycles. The lowest BCUT2D eigenvalue weighted by molar-refractivity contribution is -0.142. The van der Waals surface area contributed by atoms with Crippen molar-refractivity contribution in [2.45, 2.75) is 18.9 Å². The Bertz CT molecular complexity index is 263. The number of aliphatic imine (C=N–C) groups is 1.